The molecule has 2 aromatic heterocycles. The molecule has 21 heavy (non-hydrogen) atoms. The van der Waals surface area contributed by atoms with E-state index in [1.54, 1.807) is 6.20 Å². The Balaban J connectivity index is 2.13. The fraction of sp³-hybridized carbons (Fsp3) is 0.143. The summed E-state index contributed by atoms with van der Waals surface area (Å²) in [5, 5.41) is 8.73. The third-order valence-corrected chi connectivity index (χ3v) is 4.90. The Bertz CT molecular complexity index is 812. The maximum absolute atomic E-state index is 7.75. The van der Waals surface area contributed by atoms with Gasteiger partial charge in [-0.1, -0.05) is 36.9 Å². The number of nitrogens with zero attached hydrogens (tertiary/aromatic N) is 3. The van der Waals surface area contributed by atoms with Gasteiger partial charge in [0.1, 0.15) is 11.7 Å². The number of para-hydroxylation sites is 1. The smallest absolute Gasteiger partial charge is 0.174 e. The molecule has 0 unspecified atom stereocenters. The van der Waals surface area contributed by atoms with Crippen LogP contribution in [0.25, 0.3) is 10.9 Å². The summed E-state index contributed by atoms with van der Waals surface area (Å²) in [6.45, 7) is 2.03. The standard InChI is InChI=1S/C14H13N5S2/c1-2-11-18-14(21-19-11)20-12-8-5-3-4-6-10(8)17-7-9(12)13(15)16/h3-7H,2H2,1H3,(H3,15,16). The largest absolute Gasteiger partial charge is 0.384 e. The van der Waals surface area contributed by atoms with E-state index < -0.39 is 0 Å². The quantitative estimate of drug-likeness (QED) is 0.570. The van der Waals surface area contributed by atoms with Crippen LogP contribution in [0.1, 0.15) is 18.3 Å². The number of nitrogens with one attached hydrogen (secondary N) is 1. The molecule has 5 nitrogen and oxygen atoms in total. The second kappa shape index (κ2) is 5.79. The van der Waals surface area contributed by atoms with Crippen LogP contribution >= 0.6 is 23.3 Å². The maximum Gasteiger partial charge on any atom is 0.174 e. The highest BCUT2D eigenvalue weighted by molar-refractivity contribution is 8.01. The first-order valence-electron chi connectivity index (χ1n) is 6.41. The van der Waals surface area contributed by atoms with Gasteiger partial charge in [-0.2, -0.15) is 4.37 Å². The first-order valence-corrected chi connectivity index (χ1v) is 8.00. The van der Waals surface area contributed by atoms with Crippen molar-refractivity contribution in [2.75, 3.05) is 0 Å². The van der Waals surface area contributed by atoms with E-state index in [-0.39, 0.29) is 5.84 Å². The number of pyridine rings is 1. The molecule has 106 valence electrons. The Kier molecular flexibility index (Phi) is 3.85. The molecule has 0 bridgehead atoms. The molecule has 0 atom stereocenters. The molecule has 0 saturated carbocycles. The second-order valence-corrected chi connectivity index (χ2v) is 6.37. The first-order chi connectivity index (χ1) is 10.2. The Morgan fingerprint density at radius 1 is 1.38 bits per heavy atom. The zero-order valence-corrected chi connectivity index (χ0v) is 13.0. The van der Waals surface area contributed by atoms with Gasteiger partial charge in [0, 0.05) is 28.5 Å². The third-order valence-electron chi connectivity index (χ3n) is 2.97. The monoisotopic (exact) mass is 315 g/mol. The number of nitrogen functional groups attached to an aromatic ring is 1. The number of amidine groups is 1. The van der Waals surface area contributed by atoms with Crippen molar-refractivity contribution in [3.63, 3.8) is 0 Å². The lowest BCUT2D eigenvalue weighted by molar-refractivity contribution is 0.971. The highest BCUT2D eigenvalue weighted by atomic mass is 32.2. The molecule has 0 radical (unpaired) electrons. The van der Waals surface area contributed by atoms with Crippen LogP contribution in [-0.2, 0) is 6.42 Å². The molecule has 0 fully saturated rings. The van der Waals surface area contributed by atoms with Crippen LogP contribution in [0.3, 0.4) is 0 Å². The Morgan fingerprint density at radius 2 is 2.19 bits per heavy atom. The number of hydrogen-bond donors (Lipinski definition) is 2. The molecule has 7 heteroatoms. The van der Waals surface area contributed by atoms with Crippen molar-refractivity contribution in [1.82, 2.24) is 14.3 Å². The predicted octanol–water partition coefficient (Wildman–Crippen LogP) is 3.08. The summed E-state index contributed by atoms with van der Waals surface area (Å²) in [4.78, 5) is 9.74. The van der Waals surface area contributed by atoms with Crippen LogP contribution in [-0.4, -0.2) is 20.2 Å². The SMILES string of the molecule is CCc1nsc(Sc2c(C(=N)N)cnc3ccccc23)n1. The van der Waals surface area contributed by atoms with Crippen molar-refractivity contribution in [2.24, 2.45) is 5.73 Å². The number of fused-ring (bicyclic) bond motifs is 1. The third kappa shape index (κ3) is 2.74. The number of nitrogens with two attached hydrogens (primary N) is 1. The summed E-state index contributed by atoms with van der Waals surface area (Å²) < 4.78 is 5.15. The lowest BCUT2D eigenvalue weighted by Crippen LogP contribution is -2.13. The first kappa shape index (κ1) is 14.0. The maximum atomic E-state index is 7.75. The Hall–Kier alpha value is -1.99. The molecule has 0 aliphatic carbocycles. The van der Waals surface area contributed by atoms with Crippen molar-refractivity contribution in [2.45, 2.75) is 22.6 Å². The van der Waals surface area contributed by atoms with Gasteiger partial charge in [-0.25, -0.2) is 4.98 Å². The summed E-state index contributed by atoms with van der Waals surface area (Å²) in [6, 6.07) is 7.83. The van der Waals surface area contributed by atoms with E-state index in [1.807, 2.05) is 31.2 Å². The van der Waals surface area contributed by atoms with Crippen molar-refractivity contribution in [1.29, 1.82) is 5.41 Å². The predicted molar refractivity (Wildman–Crippen MR) is 86.2 cm³/mol. The second-order valence-electron chi connectivity index (χ2n) is 4.36. The molecular weight excluding hydrogens is 302 g/mol. The zero-order valence-electron chi connectivity index (χ0n) is 11.3. The highest BCUT2D eigenvalue weighted by Gasteiger charge is 2.14. The summed E-state index contributed by atoms with van der Waals surface area (Å²) in [7, 11) is 0. The molecular formula is C14H13N5S2. The van der Waals surface area contributed by atoms with E-state index >= 15 is 0 Å². The summed E-state index contributed by atoms with van der Waals surface area (Å²) in [5.41, 5.74) is 7.20. The molecule has 0 aliphatic rings. The summed E-state index contributed by atoms with van der Waals surface area (Å²) in [6.07, 6.45) is 2.46. The number of benzene rings is 1. The number of aromatic nitrogens is 3. The van der Waals surface area contributed by atoms with Crippen molar-refractivity contribution < 1.29 is 0 Å². The minimum Gasteiger partial charge on any atom is -0.384 e. The van der Waals surface area contributed by atoms with E-state index in [0.29, 0.717) is 5.56 Å². The van der Waals surface area contributed by atoms with E-state index in [1.165, 1.54) is 23.3 Å². The Labute approximate surface area is 130 Å². The van der Waals surface area contributed by atoms with E-state index in [2.05, 4.69) is 14.3 Å². The van der Waals surface area contributed by atoms with Crippen molar-refractivity contribution >= 4 is 40.0 Å². The van der Waals surface area contributed by atoms with E-state index in [0.717, 1.165) is 32.4 Å². The molecule has 1 aromatic carbocycles. The zero-order chi connectivity index (χ0) is 14.8. The average molecular weight is 315 g/mol. The van der Waals surface area contributed by atoms with Crippen molar-refractivity contribution in [3.8, 4) is 0 Å². The lowest BCUT2D eigenvalue weighted by Gasteiger charge is -2.09. The molecule has 0 aliphatic heterocycles. The topological polar surface area (TPSA) is 88.5 Å². The molecule has 3 N–H and O–H groups in total. The number of rotatable bonds is 4. The van der Waals surface area contributed by atoms with Crippen LogP contribution in [0.5, 0.6) is 0 Å². The molecule has 3 aromatic rings. The fourth-order valence-corrected chi connectivity index (χ4v) is 3.82. The van der Waals surface area contributed by atoms with Gasteiger partial charge in [-0.15, -0.1) is 0 Å². The average Bonchev–Trinajstić information content (AvgIpc) is 2.95. The molecule has 0 saturated heterocycles. The number of hydrogen-bond acceptors (Lipinski definition) is 6. The summed E-state index contributed by atoms with van der Waals surface area (Å²) in [5.74, 6) is 0.848. The van der Waals surface area contributed by atoms with Crippen LogP contribution in [0.4, 0.5) is 0 Å². The normalized spacial score (nSPS) is 10.9. The van der Waals surface area contributed by atoms with E-state index in [4.69, 9.17) is 11.1 Å². The van der Waals surface area contributed by atoms with Gasteiger partial charge in [0.05, 0.1) is 5.52 Å². The van der Waals surface area contributed by atoms with Crippen LogP contribution < -0.4 is 5.73 Å². The van der Waals surface area contributed by atoms with Crippen LogP contribution in [0.15, 0.2) is 39.7 Å². The number of aryl methyl sites for hydroxylation is 1. The molecule has 0 spiro atoms. The van der Waals surface area contributed by atoms with Gasteiger partial charge >= 0.3 is 0 Å². The van der Waals surface area contributed by atoms with Crippen LogP contribution in [0.2, 0.25) is 0 Å². The minimum absolute atomic E-state index is 0.0102. The van der Waals surface area contributed by atoms with Gasteiger partial charge in [-0.05, 0) is 17.6 Å². The molecule has 0 amide bonds. The Morgan fingerprint density at radius 3 is 2.90 bits per heavy atom. The molecule has 2 heterocycles. The van der Waals surface area contributed by atoms with Gasteiger partial charge in [0.25, 0.3) is 0 Å². The van der Waals surface area contributed by atoms with E-state index in [9.17, 15) is 0 Å². The van der Waals surface area contributed by atoms with Crippen LogP contribution in [0, 0.1) is 5.41 Å². The van der Waals surface area contributed by atoms with Gasteiger partial charge in [0.15, 0.2) is 4.34 Å². The van der Waals surface area contributed by atoms with Gasteiger partial charge in [-0.3, -0.25) is 10.4 Å². The van der Waals surface area contributed by atoms with Gasteiger partial charge < -0.3 is 5.73 Å². The lowest BCUT2D eigenvalue weighted by atomic mass is 10.1. The summed E-state index contributed by atoms with van der Waals surface area (Å²) >= 11 is 2.86. The minimum atomic E-state index is 0.0102. The highest BCUT2D eigenvalue weighted by Crippen LogP contribution is 2.36. The van der Waals surface area contributed by atoms with Crippen molar-refractivity contribution in [3.05, 3.63) is 41.9 Å². The van der Waals surface area contributed by atoms with Gasteiger partial charge in [0.2, 0.25) is 0 Å². The fourth-order valence-electron chi connectivity index (χ4n) is 1.93. The molecule has 3 rings (SSSR count).